The number of amides is 2. The molecule has 8 heteroatoms. The van der Waals surface area contributed by atoms with Gasteiger partial charge in [-0.15, -0.1) is 0 Å². The first-order valence-corrected chi connectivity index (χ1v) is 10.4. The molecule has 1 aliphatic rings. The lowest BCUT2D eigenvalue weighted by atomic mass is 9.90. The third kappa shape index (κ3) is 4.87. The van der Waals surface area contributed by atoms with Gasteiger partial charge in [-0.1, -0.05) is 28.1 Å². The monoisotopic (exact) mass is 460 g/mol. The van der Waals surface area contributed by atoms with E-state index >= 15 is 0 Å². The van der Waals surface area contributed by atoms with Crippen LogP contribution >= 0.6 is 15.9 Å². The fourth-order valence-corrected chi connectivity index (χ4v) is 3.62. The normalized spacial score (nSPS) is 14.1. The Labute approximate surface area is 178 Å². The number of hydrazine groups is 1. The van der Waals surface area contributed by atoms with Crippen LogP contribution in [0.2, 0.25) is 0 Å². The van der Waals surface area contributed by atoms with Crippen LogP contribution in [0.25, 0.3) is 16.8 Å². The molecule has 29 heavy (non-hydrogen) atoms. The average Bonchev–Trinajstić information content (AvgIpc) is 3.21. The van der Waals surface area contributed by atoms with Crippen molar-refractivity contribution in [1.82, 2.24) is 20.4 Å². The second-order valence-corrected chi connectivity index (χ2v) is 8.10. The standard InChI is InChI=1S/C21H25BrN4O3/c1-13(2)26(25-21(28)29-3)20(27)17-7-5-4-6-16(17)19-23-12-18(24-19)14-8-10-15(22)11-9-14/h8-13H,4-7H2,1-3H3,(H,23,24)(H,25,28). The van der Waals surface area contributed by atoms with Crippen molar-refractivity contribution in [2.45, 2.75) is 45.6 Å². The van der Waals surface area contributed by atoms with Crippen LogP contribution < -0.4 is 5.43 Å². The molecule has 0 spiro atoms. The van der Waals surface area contributed by atoms with E-state index in [0.717, 1.165) is 40.6 Å². The zero-order valence-electron chi connectivity index (χ0n) is 16.8. The molecule has 2 amide bonds. The number of methoxy groups -OCH3 is 1. The summed E-state index contributed by atoms with van der Waals surface area (Å²) in [6, 6.07) is 7.74. The van der Waals surface area contributed by atoms with E-state index in [2.05, 4.69) is 36.1 Å². The van der Waals surface area contributed by atoms with E-state index in [4.69, 9.17) is 0 Å². The minimum Gasteiger partial charge on any atom is -0.452 e. The molecule has 1 aromatic carbocycles. The molecule has 1 aliphatic carbocycles. The number of benzene rings is 1. The second-order valence-electron chi connectivity index (χ2n) is 7.19. The topological polar surface area (TPSA) is 87.3 Å². The minimum absolute atomic E-state index is 0.216. The van der Waals surface area contributed by atoms with Gasteiger partial charge in [0.2, 0.25) is 0 Å². The number of hydrogen-bond donors (Lipinski definition) is 2. The van der Waals surface area contributed by atoms with Crippen molar-refractivity contribution in [3.05, 3.63) is 46.3 Å². The van der Waals surface area contributed by atoms with Crippen LogP contribution in [0.5, 0.6) is 0 Å². The first kappa shape index (κ1) is 21.1. The summed E-state index contributed by atoms with van der Waals surface area (Å²) in [5.74, 6) is 0.481. The lowest BCUT2D eigenvalue weighted by Gasteiger charge is -2.29. The molecule has 0 fully saturated rings. The van der Waals surface area contributed by atoms with E-state index in [9.17, 15) is 9.59 Å². The number of carbonyl (C=O) groups excluding carboxylic acids is 2. The molecule has 7 nitrogen and oxygen atoms in total. The molecule has 1 heterocycles. The summed E-state index contributed by atoms with van der Waals surface area (Å²) >= 11 is 3.44. The Bertz CT molecular complexity index is 918. The molecule has 1 aromatic heterocycles. The van der Waals surface area contributed by atoms with Crippen LogP contribution in [0, 0.1) is 0 Å². The number of rotatable bonds is 4. The van der Waals surface area contributed by atoms with Gasteiger partial charge in [0.25, 0.3) is 5.91 Å². The third-order valence-electron chi connectivity index (χ3n) is 4.88. The van der Waals surface area contributed by atoms with Crippen molar-refractivity contribution in [2.75, 3.05) is 7.11 Å². The number of nitrogens with zero attached hydrogens (tertiary/aromatic N) is 2. The molecule has 3 rings (SSSR count). The third-order valence-corrected chi connectivity index (χ3v) is 5.40. The second kappa shape index (κ2) is 9.26. The summed E-state index contributed by atoms with van der Waals surface area (Å²) in [4.78, 5) is 32.8. The quantitative estimate of drug-likeness (QED) is 0.648. The number of carbonyl (C=O) groups is 2. The maximum Gasteiger partial charge on any atom is 0.425 e. The van der Waals surface area contributed by atoms with Crippen LogP contribution in [0.3, 0.4) is 0 Å². The Morgan fingerprint density at radius 1 is 1.21 bits per heavy atom. The predicted octanol–water partition coefficient (Wildman–Crippen LogP) is 4.67. The average molecular weight is 461 g/mol. The lowest BCUT2D eigenvalue weighted by Crippen LogP contribution is -2.50. The maximum atomic E-state index is 13.2. The summed E-state index contributed by atoms with van der Waals surface area (Å²) < 4.78 is 5.67. The van der Waals surface area contributed by atoms with Gasteiger partial charge in [-0.05, 0) is 57.2 Å². The number of nitrogens with one attached hydrogen (secondary N) is 2. The smallest absolute Gasteiger partial charge is 0.425 e. The summed E-state index contributed by atoms with van der Waals surface area (Å²) in [5.41, 5.74) is 6.02. The van der Waals surface area contributed by atoms with E-state index in [1.165, 1.54) is 12.1 Å². The van der Waals surface area contributed by atoms with Crippen LogP contribution in [-0.4, -0.2) is 40.1 Å². The number of aromatic amines is 1. The van der Waals surface area contributed by atoms with Crippen molar-refractivity contribution in [3.8, 4) is 11.3 Å². The number of aromatic nitrogens is 2. The molecule has 0 unspecified atom stereocenters. The Morgan fingerprint density at radius 3 is 2.55 bits per heavy atom. The van der Waals surface area contributed by atoms with Gasteiger partial charge in [0, 0.05) is 21.7 Å². The molecule has 0 saturated carbocycles. The largest absolute Gasteiger partial charge is 0.452 e. The molecule has 0 bridgehead atoms. The van der Waals surface area contributed by atoms with Crippen LogP contribution in [0.1, 0.15) is 45.4 Å². The highest BCUT2D eigenvalue weighted by atomic mass is 79.9. The fourth-order valence-electron chi connectivity index (χ4n) is 3.36. The van der Waals surface area contributed by atoms with Gasteiger partial charge in [-0.25, -0.2) is 20.2 Å². The van der Waals surface area contributed by atoms with E-state index in [1.54, 1.807) is 6.20 Å². The van der Waals surface area contributed by atoms with Gasteiger partial charge in [0.15, 0.2) is 0 Å². The van der Waals surface area contributed by atoms with Crippen molar-refractivity contribution >= 4 is 33.5 Å². The Hall–Kier alpha value is -2.61. The highest BCUT2D eigenvalue weighted by Gasteiger charge is 2.28. The number of halogens is 1. The maximum absolute atomic E-state index is 13.2. The zero-order chi connectivity index (χ0) is 21.0. The predicted molar refractivity (Wildman–Crippen MR) is 115 cm³/mol. The Balaban J connectivity index is 1.94. The van der Waals surface area contributed by atoms with Gasteiger partial charge in [-0.2, -0.15) is 0 Å². The van der Waals surface area contributed by atoms with Gasteiger partial charge < -0.3 is 9.72 Å². The van der Waals surface area contributed by atoms with Gasteiger partial charge in [-0.3, -0.25) is 4.79 Å². The molecule has 0 aliphatic heterocycles. The Morgan fingerprint density at radius 2 is 1.90 bits per heavy atom. The van der Waals surface area contributed by atoms with Gasteiger partial charge in [0.1, 0.15) is 5.82 Å². The summed E-state index contributed by atoms with van der Waals surface area (Å²) in [5, 5.41) is 1.32. The van der Waals surface area contributed by atoms with Gasteiger partial charge >= 0.3 is 6.09 Å². The van der Waals surface area contributed by atoms with E-state index in [0.29, 0.717) is 17.8 Å². The summed E-state index contributed by atoms with van der Waals surface area (Å²) in [6.45, 7) is 3.69. The zero-order valence-corrected chi connectivity index (χ0v) is 18.4. The van der Waals surface area contributed by atoms with Crippen LogP contribution in [0.4, 0.5) is 4.79 Å². The molecule has 2 N–H and O–H groups in total. The van der Waals surface area contributed by atoms with Gasteiger partial charge in [0.05, 0.1) is 19.0 Å². The lowest BCUT2D eigenvalue weighted by molar-refractivity contribution is -0.131. The molecule has 0 atom stereocenters. The van der Waals surface area contributed by atoms with E-state index < -0.39 is 6.09 Å². The molecular weight excluding hydrogens is 436 g/mol. The van der Waals surface area contributed by atoms with Crippen molar-refractivity contribution in [2.24, 2.45) is 0 Å². The van der Waals surface area contributed by atoms with Crippen LogP contribution in [0.15, 0.2) is 40.5 Å². The van der Waals surface area contributed by atoms with Crippen LogP contribution in [-0.2, 0) is 9.53 Å². The number of hydrogen-bond acceptors (Lipinski definition) is 4. The summed E-state index contributed by atoms with van der Waals surface area (Å²) in [7, 11) is 1.27. The van der Waals surface area contributed by atoms with E-state index in [1.807, 2.05) is 38.1 Å². The molecule has 0 saturated heterocycles. The molecule has 154 valence electrons. The minimum atomic E-state index is -0.666. The van der Waals surface area contributed by atoms with Crippen molar-refractivity contribution < 1.29 is 14.3 Å². The highest BCUT2D eigenvalue weighted by Crippen LogP contribution is 2.33. The number of allylic oxidation sites excluding steroid dienone is 1. The number of ether oxygens (including phenoxy) is 1. The molecule has 0 radical (unpaired) electrons. The number of H-pyrrole nitrogens is 1. The summed E-state index contributed by atoms with van der Waals surface area (Å²) in [6.07, 6.45) is 4.45. The fraction of sp³-hybridized carbons (Fsp3) is 0.381. The molecule has 2 aromatic rings. The number of imidazole rings is 1. The SMILES string of the molecule is COC(=O)NN(C(=O)C1=C(c2ncc(-c3ccc(Br)cc3)[nH]2)CCCC1)C(C)C. The van der Waals surface area contributed by atoms with Crippen molar-refractivity contribution in [1.29, 1.82) is 0 Å². The first-order valence-electron chi connectivity index (χ1n) is 9.62. The first-order chi connectivity index (χ1) is 13.9. The molecular formula is C21H25BrN4O3. The Kier molecular flexibility index (Phi) is 6.74. The van der Waals surface area contributed by atoms with E-state index in [-0.39, 0.29) is 11.9 Å². The highest BCUT2D eigenvalue weighted by molar-refractivity contribution is 9.10. The van der Waals surface area contributed by atoms with Crippen molar-refractivity contribution in [3.63, 3.8) is 0 Å².